The molecular formula is C23H23BBrN7O2. The van der Waals surface area contributed by atoms with E-state index in [1.807, 2.05) is 30.3 Å². The van der Waals surface area contributed by atoms with Crippen LogP contribution in [-0.4, -0.2) is 71.6 Å². The highest BCUT2D eigenvalue weighted by Gasteiger charge is 2.21. The lowest BCUT2D eigenvalue weighted by Crippen LogP contribution is -2.48. The zero-order valence-corrected chi connectivity index (χ0v) is 20.2. The number of benzene rings is 1. The summed E-state index contributed by atoms with van der Waals surface area (Å²) >= 11 is 3.49. The Labute approximate surface area is 206 Å². The van der Waals surface area contributed by atoms with Crippen LogP contribution in [0, 0.1) is 0 Å². The van der Waals surface area contributed by atoms with E-state index in [0.717, 1.165) is 52.9 Å². The first-order valence-corrected chi connectivity index (χ1v) is 11.7. The number of hydrogen-bond donors (Lipinski definition) is 2. The summed E-state index contributed by atoms with van der Waals surface area (Å²) in [5, 5.41) is 4.02. The summed E-state index contributed by atoms with van der Waals surface area (Å²) in [5.41, 5.74) is 3.60. The molecule has 0 atom stereocenters. The molecule has 0 aliphatic carbocycles. The predicted molar refractivity (Wildman–Crippen MR) is 137 cm³/mol. The molecule has 0 spiro atoms. The van der Waals surface area contributed by atoms with Crippen LogP contribution in [-0.2, 0) is 4.65 Å². The minimum atomic E-state index is -0.310. The summed E-state index contributed by atoms with van der Waals surface area (Å²) in [7, 11) is 2.33. The molecule has 1 saturated heterocycles. The lowest BCUT2D eigenvalue weighted by molar-refractivity contribution is 0.102. The quantitative estimate of drug-likeness (QED) is 0.377. The van der Waals surface area contributed by atoms with Crippen molar-refractivity contribution < 1.29 is 9.45 Å². The normalized spacial score (nSPS) is 14.4. The second kappa shape index (κ2) is 9.92. The minimum Gasteiger partial charge on any atom is -0.427 e. The molecule has 2 N–H and O–H groups in total. The lowest BCUT2D eigenvalue weighted by atomic mass is 10.1. The molecule has 0 unspecified atom stereocenters. The molecule has 34 heavy (non-hydrogen) atoms. The van der Waals surface area contributed by atoms with Crippen molar-refractivity contribution in [3.8, 4) is 11.5 Å². The number of carbonyl (C=O) groups excluding carboxylic acids is 1. The molecule has 172 valence electrons. The summed E-state index contributed by atoms with van der Waals surface area (Å²) in [6.45, 7) is 3.45. The number of rotatable bonds is 6. The van der Waals surface area contributed by atoms with Crippen molar-refractivity contribution >= 4 is 51.7 Å². The molecular weight excluding hydrogens is 497 g/mol. The maximum Gasteiger partial charge on any atom is 0.363 e. The first kappa shape index (κ1) is 22.5. The molecule has 5 rings (SSSR count). The van der Waals surface area contributed by atoms with Crippen LogP contribution in [0.3, 0.4) is 0 Å². The Morgan fingerprint density at radius 2 is 2.00 bits per heavy atom. The van der Waals surface area contributed by atoms with E-state index in [2.05, 4.69) is 50.9 Å². The second-order valence-electron chi connectivity index (χ2n) is 8.05. The highest BCUT2D eigenvalue weighted by Crippen LogP contribution is 2.27. The summed E-state index contributed by atoms with van der Waals surface area (Å²) in [6.07, 6.45) is 5.01. The lowest BCUT2D eigenvalue weighted by Gasteiger charge is -2.36. The Kier molecular flexibility index (Phi) is 6.57. The van der Waals surface area contributed by atoms with Crippen LogP contribution >= 0.6 is 15.9 Å². The third-order valence-corrected chi connectivity index (χ3v) is 6.28. The highest BCUT2D eigenvalue weighted by molar-refractivity contribution is 9.10. The summed E-state index contributed by atoms with van der Waals surface area (Å²) in [5.74, 6) is 0.149. The Morgan fingerprint density at radius 3 is 2.82 bits per heavy atom. The van der Waals surface area contributed by atoms with Gasteiger partial charge in [0.1, 0.15) is 5.69 Å². The van der Waals surface area contributed by atoms with Gasteiger partial charge in [-0.05, 0) is 36.4 Å². The number of nitrogens with one attached hydrogen (secondary N) is 2. The van der Waals surface area contributed by atoms with E-state index in [1.165, 1.54) is 0 Å². The van der Waals surface area contributed by atoms with Gasteiger partial charge in [-0.1, -0.05) is 15.9 Å². The van der Waals surface area contributed by atoms with Crippen molar-refractivity contribution in [2.45, 2.75) is 0 Å². The zero-order valence-electron chi connectivity index (χ0n) is 18.7. The van der Waals surface area contributed by atoms with Crippen molar-refractivity contribution in [3.05, 3.63) is 65.2 Å². The van der Waals surface area contributed by atoms with Gasteiger partial charge in [0.2, 0.25) is 0 Å². The number of aromatic amines is 1. The van der Waals surface area contributed by atoms with Crippen molar-refractivity contribution in [3.63, 3.8) is 0 Å². The fourth-order valence-electron chi connectivity index (χ4n) is 4.08. The number of carbonyl (C=O) groups is 1. The predicted octanol–water partition coefficient (Wildman–Crippen LogP) is 3.07. The average molecular weight is 520 g/mol. The molecule has 9 nitrogen and oxygen atoms in total. The van der Waals surface area contributed by atoms with Crippen molar-refractivity contribution in [2.24, 2.45) is 0 Å². The van der Waals surface area contributed by atoms with Crippen LogP contribution in [0.1, 0.15) is 10.5 Å². The largest absolute Gasteiger partial charge is 0.427 e. The Balaban J connectivity index is 1.34. The Morgan fingerprint density at radius 1 is 1.15 bits per heavy atom. The van der Waals surface area contributed by atoms with Crippen LogP contribution in [0.5, 0.6) is 0 Å². The Bertz CT molecular complexity index is 1320. The van der Waals surface area contributed by atoms with E-state index in [-0.39, 0.29) is 11.6 Å². The number of pyridine rings is 1. The molecule has 1 fully saturated rings. The smallest absolute Gasteiger partial charge is 0.363 e. The second-order valence-corrected chi connectivity index (χ2v) is 8.97. The van der Waals surface area contributed by atoms with Crippen molar-refractivity contribution in [2.75, 3.05) is 43.5 Å². The number of halogens is 1. The van der Waals surface area contributed by atoms with Crippen LogP contribution in [0.25, 0.3) is 22.4 Å². The average Bonchev–Trinajstić information content (AvgIpc) is 3.29. The summed E-state index contributed by atoms with van der Waals surface area (Å²) in [6, 6.07) is 11.5. The van der Waals surface area contributed by atoms with Crippen molar-refractivity contribution in [1.82, 2.24) is 24.7 Å². The van der Waals surface area contributed by atoms with Gasteiger partial charge in [0.15, 0.2) is 5.82 Å². The SMILES string of the molecule is COBN1CCN(c2ccncc2NC(=O)c2ccnc(-c3cc4cc(Br)ccc4[nH]3)n2)CC1. The third kappa shape index (κ3) is 4.81. The minimum absolute atomic E-state index is 0.282. The molecule has 0 saturated carbocycles. The summed E-state index contributed by atoms with van der Waals surface area (Å²) in [4.78, 5) is 34.0. The van der Waals surface area contributed by atoms with E-state index in [4.69, 9.17) is 4.65 Å². The van der Waals surface area contributed by atoms with Crippen LogP contribution in [0.15, 0.2) is 59.5 Å². The van der Waals surface area contributed by atoms with Gasteiger partial charge in [0.05, 0.1) is 23.3 Å². The first-order chi connectivity index (χ1) is 16.6. The van der Waals surface area contributed by atoms with Gasteiger partial charge in [-0.15, -0.1) is 0 Å². The van der Waals surface area contributed by atoms with Gasteiger partial charge >= 0.3 is 7.62 Å². The molecule has 3 aromatic heterocycles. The Hall–Kier alpha value is -3.28. The number of anilines is 2. The zero-order chi connectivity index (χ0) is 23.5. The molecule has 4 heterocycles. The van der Waals surface area contributed by atoms with E-state index in [1.54, 1.807) is 31.8 Å². The fraction of sp³-hybridized carbons (Fsp3) is 0.217. The van der Waals surface area contributed by atoms with E-state index < -0.39 is 0 Å². The number of fused-ring (bicyclic) bond motifs is 1. The number of amides is 1. The molecule has 0 radical (unpaired) electrons. The number of nitrogens with zero attached hydrogens (tertiary/aromatic N) is 5. The monoisotopic (exact) mass is 519 g/mol. The number of H-pyrrole nitrogens is 1. The first-order valence-electron chi connectivity index (χ1n) is 10.9. The van der Waals surface area contributed by atoms with Crippen LogP contribution in [0.4, 0.5) is 11.4 Å². The van der Waals surface area contributed by atoms with E-state index >= 15 is 0 Å². The van der Waals surface area contributed by atoms with Gasteiger partial charge in [0.25, 0.3) is 5.91 Å². The topological polar surface area (TPSA) is 99.3 Å². The van der Waals surface area contributed by atoms with Crippen LogP contribution in [0.2, 0.25) is 0 Å². The number of hydrogen-bond acceptors (Lipinski definition) is 7. The molecule has 11 heteroatoms. The van der Waals surface area contributed by atoms with E-state index in [9.17, 15) is 4.79 Å². The van der Waals surface area contributed by atoms with Gasteiger partial charge in [-0.25, -0.2) is 9.97 Å². The fourth-order valence-corrected chi connectivity index (χ4v) is 4.46. The molecule has 1 aliphatic rings. The molecule has 1 amide bonds. The summed E-state index contributed by atoms with van der Waals surface area (Å²) < 4.78 is 6.23. The molecule has 1 aromatic carbocycles. The number of aromatic nitrogens is 4. The van der Waals surface area contributed by atoms with Gasteiger partial charge in [0, 0.05) is 61.1 Å². The maximum absolute atomic E-state index is 13.1. The van der Waals surface area contributed by atoms with Gasteiger partial charge in [-0.3, -0.25) is 9.78 Å². The number of piperazine rings is 1. The van der Waals surface area contributed by atoms with Gasteiger partial charge in [-0.2, -0.15) is 0 Å². The molecule has 0 bridgehead atoms. The van der Waals surface area contributed by atoms with Gasteiger partial charge < -0.3 is 24.7 Å². The third-order valence-electron chi connectivity index (χ3n) is 5.78. The van der Waals surface area contributed by atoms with E-state index in [0.29, 0.717) is 19.1 Å². The standard InChI is InChI=1S/C23H23BBrN7O2/c1-34-24-32-10-8-31(9-11-32)21-5-6-26-14-20(21)30-23(33)18-4-7-27-22(29-18)19-13-15-12-16(25)2-3-17(15)28-19/h2-7,12-14,24,28H,8-11H2,1H3,(H,30,33). The van der Waals surface area contributed by atoms with Crippen molar-refractivity contribution in [1.29, 1.82) is 0 Å². The highest BCUT2D eigenvalue weighted by atomic mass is 79.9. The molecule has 4 aromatic rings. The maximum atomic E-state index is 13.1. The molecule has 1 aliphatic heterocycles. The van der Waals surface area contributed by atoms with Crippen LogP contribution < -0.4 is 10.2 Å².